The number of halogens is 1. The lowest BCUT2D eigenvalue weighted by molar-refractivity contribution is -0.144. The number of hydrogen-bond donors (Lipinski definition) is 2. The molecule has 3 aromatic heterocycles. The van der Waals surface area contributed by atoms with Gasteiger partial charge in [0.05, 0.1) is 30.6 Å². The fourth-order valence-electron chi connectivity index (χ4n) is 3.34. The summed E-state index contributed by atoms with van der Waals surface area (Å²) in [6.07, 6.45) is 6.25. The van der Waals surface area contributed by atoms with Crippen molar-refractivity contribution < 1.29 is 18.2 Å². The lowest BCUT2D eigenvalue weighted by Crippen LogP contribution is -2.44. The topological polar surface area (TPSA) is 128 Å². The third kappa shape index (κ3) is 6.80. The zero-order valence-corrected chi connectivity index (χ0v) is 20.5. The zero-order valence-electron chi connectivity index (χ0n) is 19.7. The first-order chi connectivity index (χ1) is 16.4. The molecule has 12 heteroatoms. The minimum Gasteiger partial charge on any atom is -0.481 e. The van der Waals surface area contributed by atoms with Crippen LogP contribution >= 0.6 is 12.3 Å². The molecule has 3 aromatic rings. The van der Waals surface area contributed by atoms with Crippen LogP contribution in [-0.2, 0) is 9.59 Å². The van der Waals surface area contributed by atoms with Crippen LogP contribution in [0.2, 0.25) is 0 Å². The highest BCUT2D eigenvalue weighted by molar-refractivity contribution is 7.92. The normalized spacial score (nSPS) is 14.9. The lowest BCUT2D eigenvalue weighted by atomic mass is 10.0. The van der Waals surface area contributed by atoms with Crippen LogP contribution in [0.4, 0.5) is 15.4 Å². The molecule has 2 amide bonds. The fourth-order valence-corrected chi connectivity index (χ4v) is 3.69. The Kier molecular flexibility index (Phi) is 10.5. The molecule has 10 nitrogen and oxygen atoms in total. The van der Waals surface area contributed by atoms with Gasteiger partial charge < -0.3 is 20.7 Å². The first-order valence-corrected chi connectivity index (χ1v) is 11.6. The number of aromatic nitrogens is 4. The van der Waals surface area contributed by atoms with Gasteiger partial charge in [-0.2, -0.15) is 9.19 Å². The van der Waals surface area contributed by atoms with E-state index in [2.05, 4.69) is 20.4 Å². The highest BCUT2D eigenvalue weighted by atomic mass is 32.2. The molecule has 0 aliphatic carbocycles. The number of nitrogens with two attached hydrogens (primary N) is 1. The van der Waals surface area contributed by atoms with Crippen LogP contribution in [0, 0.1) is 5.92 Å². The van der Waals surface area contributed by atoms with Crippen molar-refractivity contribution in [1.29, 1.82) is 0 Å². The molecule has 1 aliphatic heterocycles. The molecule has 4 rings (SSSR count). The van der Waals surface area contributed by atoms with E-state index in [0.717, 1.165) is 16.9 Å². The molecule has 0 radical (unpaired) electrons. The number of piperidine rings is 1. The second-order valence-corrected chi connectivity index (χ2v) is 7.71. The Morgan fingerprint density at radius 1 is 1.26 bits per heavy atom. The number of ether oxygens (including phenoxy) is 1. The Morgan fingerprint density at radius 2 is 2.03 bits per heavy atom. The molecule has 0 aromatic carbocycles. The van der Waals surface area contributed by atoms with E-state index < -0.39 is 11.8 Å². The number of carbonyl (C=O) groups is 2. The maximum absolute atomic E-state index is 13.0. The number of hydrogen-bond acceptors (Lipinski definition) is 8. The summed E-state index contributed by atoms with van der Waals surface area (Å²) in [5, 5.41) is 6.72. The fraction of sp³-hybridized carbons (Fsp3) is 0.409. The molecule has 4 heterocycles. The van der Waals surface area contributed by atoms with Crippen LogP contribution in [0.5, 0.6) is 5.88 Å². The summed E-state index contributed by atoms with van der Waals surface area (Å²) in [5.41, 5.74) is 6.18. The Morgan fingerprint density at radius 3 is 2.62 bits per heavy atom. The van der Waals surface area contributed by atoms with Crippen molar-refractivity contribution in [3.8, 4) is 5.88 Å². The minimum atomic E-state index is -0.784. The molecule has 1 aliphatic rings. The smallest absolute Gasteiger partial charge is 0.314 e. The Balaban J connectivity index is 0.000000343. The van der Waals surface area contributed by atoms with Gasteiger partial charge >= 0.3 is 11.8 Å². The van der Waals surface area contributed by atoms with Gasteiger partial charge in [0.1, 0.15) is 11.3 Å². The average Bonchev–Trinajstić information content (AvgIpc) is 3.33. The molecule has 1 atom stereocenters. The van der Waals surface area contributed by atoms with E-state index in [1.54, 1.807) is 19.4 Å². The zero-order chi connectivity index (χ0) is 25.1. The number of rotatable bonds is 3. The van der Waals surface area contributed by atoms with Crippen molar-refractivity contribution in [3.05, 3.63) is 36.8 Å². The van der Waals surface area contributed by atoms with Gasteiger partial charge in [0.25, 0.3) is 0 Å². The number of anilines is 2. The molecule has 0 saturated carbocycles. The van der Waals surface area contributed by atoms with Gasteiger partial charge in [-0.3, -0.25) is 9.59 Å². The van der Waals surface area contributed by atoms with Crippen molar-refractivity contribution in [2.75, 3.05) is 31.2 Å². The Hall–Kier alpha value is -3.41. The Labute approximate surface area is 202 Å². The second-order valence-electron chi connectivity index (χ2n) is 7.23. The van der Waals surface area contributed by atoms with E-state index in [4.69, 9.17) is 10.5 Å². The molecule has 0 bridgehead atoms. The summed E-state index contributed by atoms with van der Waals surface area (Å²) in [5.74, 6) is -0.198. The molecular weight excluding hydrogens is 461 g/mol. The number of amides is 2. The number of nitrogen functional groups attached to an aromatic ring is 1. The first-order valence-electron chi connectivity index (χ1n) is 10.9. The van der Waals surface area contributed by atoms with Gasteiger partial charge in [0, 0.05) is 25.4 Å². The van der Waals surface area contributed by atoms with Crippen molar-refractivity contribution in [3.63, 3.8) is 0 Å². The summed E-state index contributed by atoms with van der Waals surface area (Å²) in [7, 11) is 1.60. The summed E-state index contributed by atoms with van der Waals surface area (Å²) in [6, 6.07) is 5.54. The van der Waals surface area contributed by atoms with Crippen molar-refractivity contribution in [2.45, 2.75) is 33.6 Å². The van der Waals surface area contributed by atoms with Crippen LogP contribution in [0.25, 0.3) is 10.9 Å². The van der Waals surface area contributed by atoms with Crippen molar-refractivity contribution >= 4 is 46.6 Å². The number of fused-ring (bicyclic) bond motifs is 1. The van der Waals surface area contributed by atoms with E-state index >= 15 is 0 Å². The average molecular weight is 492 g/mol. The number of nitrogens with one attached hydrogen (secondary N) is 1. The van der Waals surface area contributed by atoms with Crippen molar-refractivity contribution in [2.24, 2.45) is 5.92 Å². The van der Waals surface area contributed by atoms with Crippen LogP contribution in [0.15, 0.2) is 36.8 Å². The highest BCUT2D eigenvalue weighted by Gasteiger charge is 2.27. The van der Waals surface area contributed by atoms with Gasteiger partial charge in [-0.05, 0) is 24.8 Å². The highest BCUT2D eigenvalue weighted by Crippen LogP contribution is 2.29. The first kappa shape index (κ1) is 26.8. The van der Waals surface area contributed by atoms with Crippen molar-refractivity contribution in [1.82, 2.24) is 24.1 Å². The molecule has 34 heavy (non-hydrogen) atoms. The van der Waals surface area contributed by atoms with Crippen LogP contribution in [0.1, 0.15) is 33.6 Å². The maximum atomic E-state index is 13.0. The summed E-state index contributed by atoms with van der Waals surface area (Å²) < 4.78 is 18.8. The number of pyridine rings is 2. The number of nitrogens with zero attached hydrogens (tertiary/aromatic N) is 5. The molecule has 0 spiro atoms. The van der Waals surface area contributed by atoms with Gasteiger partial charge in [0.15, 0.2) is 12.3 Å². The second kappa shape index (κ2) is 13.3. The van der Waals surface area contributed by atoms with Gasteiger partial charge in [-0.25, -0.2) is 9.97 Å². The summed E-state index contributed by atoms with van der Waals surface area (Å²) in [4.78, 5) is 33.9. The molecule has 184 valence electrons. The van der Waals surface area contributed by atoms with E-state index in [-0.39, 0.29) is 29.4 Å². The molecule has 1 unspecified atom stereocenters. The minimum absolute atomic E-state index is 0.133. The number of carbonyl (C=O) groups excluding carboxylic acids is 2. The van der Waals surface area contributed by atoms with Crippen LogP contribution < -0.4 is 15.8 Å². The predicted octanol–water partition coefficient (Wildman–Crippen LogP) is 3.71. The Bertz CT molecular complexity index is 1080. The summed E-state index contributed by atoms with van der Waals surface area (Å²) >= 11 is -0.133. The molecular formula is C22H30FN7O3S. The monoisotopic (exact) mass is 491 g/mol. The van der Waals surface area contributed by atoms with Gasteiger partial charge in [0.2, 0.25) is 5.88 Å². The lowest BCUT2D eigenvalue weighted by Gasteiger charge is -2.30. The third-order valence-electron chi connectivity index (χ3n) is 4.90. The largest absolute Gasteiger partial charge is 0.481 e. The maximum Gasteiger partial charge on any atom is 0.314 e. The van der Waals surface area contributed by atoms with Gasteiger partial charge in [-0.1, -0.05) is 26.8 Å². The van der Waals surface area contributed by atoms with Crippen LogP contribution in [0.3, 0.4) is 0 Å². The van der Waals surface area contributed by atoms with E-state index in [1.165, 1.54) is 17.3 Å². The third-order valence-corrected chi connectivity index (χ3v) is 5.31. The standard InChI is InChI=1S/C14H17FN6O2S.C6H7NO.C2H6/c1-8-3-2-4-20(7-8)14(23)13(22)19-10-6-17-12(16)9-5-18-21(24-15)11(9)10;1-8-6-4-2-3-5-7-6;1-2/h5-6,8H,2-4,7H2,1H3,(H2,16,17)(H,19,22);2-5H,1H3;1-2H3. The number of methoxy groups -OCH3 is 1. The SMILES string of the molecule is CC.CC1CCCN(C(=O)C(=O)Nc2cnc(N)c3cnn(SF)c23)C1.COc1ccccn1. The van der Waals surface area contributed by atoms with E-state index in [9.17, 15) is 13.5 Å². The number of likely N-dealkylation sites (tertiary alicyclic amines) is 1. The summed E-state index contributed by atoms with van der Waals surface area (Å²) in [6.45, 7) is 7.16. The van der Waals surface area contributed by atoms with E-state index in [0.29, 0.717) is 30.3 Å². The molecule has 1 fully saturated rings. The van der Waals surface area contributed by atoms with Gasteiger partial charge in [-0.15, -0.1) is 3.89 Å². The molecule has 1 saturated heterocycles. The molecule has 3 N–H and O–H groups in total. The quantitative estimate of drug-likeness (QED) is 0.531. The van der Waals surface area contributed by atoms with E-state index in [1.807, 2.05) is 32.9 Å². The van der Waals surface area contributed by atoms with Crippen LogP contribution in [-0.4, -0.2) is 56.1 Å². The predicted molar refractivity (Wildman–Crippen MR) is 132 cm³/mol.